The van der Waals surface area contributed by atoms with Crippen LogP contribution in [0.3, 0.4) is 0 Å². The number of aromatic nitrogens is 2. The predicted octanol–water partition coefficient (Wildman–Crippen LogP) is 1.22. The molecule has 0 unspecified atom stereocenters. The van der Waals surface area contributed by atoms with Crippen molar-refractivity contribution in [2.45, 2.75) is 51.1 Å². The van der Waals surface area contributed by atoms with Gasteiger partial charge in [0.05, 0.1) is 5.69 Å². The maximum Gasteiger partial charge on any atom is 0.278 e. The molecule has 0 amide bonds. The molecule has 2 aliphatic heterocycles. The Bertz CT molecular complexity index is 706. The maximum absolute atomic E-state index is 11.9. The summed E-state index contributed by atoms with van der Waals surface area (Å²) in [6.45, 7) is 4.39. The fraction of sp³-hybridized carbons (Fsp3) is 0.778. The molecule has 8 nitrogen and oxygen atoms in total. The lowest BCUT2D eigenvalue weighted by atomic mass is 9.99. The second-order valence-electron chi connectivity index (χ2n) is 7.63. The van der Waals surface area contributed by atoms with Gasteiger partial charge in [-0.2, -0.15) is 12.7 Å². The van der Waals surface area contributed by atoms with Crippen molar-refractivity contribution in [3.05, 3.63) is 18.0 Å². The molecule has 1 N–H and O–H groups in total. The van der Waals surface area contributed by atoms with Gasteiger partial charge in [0, 0.05) is 52.5 Å². The van der Waals surface area contributed by atoms with E-state index in [-0.39, 0.29) is 0 Å². The third kappa shape index (κ3) is 5.60. The monoisotopic (exact) mass is 396 g/mol. The Morgan fingerprint density at radius 3 is 2.67 bits per heavy atom. The normalized spacial score (nSPS) is 21.9. The molecule has 0 saturated carbocycles. The molecule has 1 aromatic rings. The molecule has 0 bridgehead atoms. The van der Waals surface area contributed by atoms with Crippen LogP contribution in [0.15, 0.2) is 12.3 Å². The molecule has 1 atom stereocenters. The highest BCUT2D eigenvalue weighted by Gasteiger charge is 2.24. The number of nitrogens with one attached hydrogen (secondary N) is 1. The van der Waals surface area contributed by atoms with Gasteiger partial charge in [-0.25, -0.2) is 14.7 Å². The highest BCUT2D eigenvalue weighted by Crippen LogP contribution is 2.22. The molecule has 1 aromatic heterocycles. The average molecular weight is 397 g/mol. The van der Waals surface area contributed by atoms with E-state index in [4.69, 9.17) is 4.98 Å². The van der Waals surface area contributed by atoms with Gasteiger partial charge >= 0.3 is 0 Å². The van der Waals surface area contributed by atoms with Crippen LogP contribution in [0.4, 0.5) is 5.95 Å². The summed E-state index contributed by atoms with van der Waals surface area (Å²) in [5.74, 6) is 0.845. The van der Waals surface area contributed by atoms with Crippen LogP contribution in [0.25, 0.3) is 0 Å². The van der Waals surface area contributed by atoms with Crippen molar-refractivity contribution in [3.63, 3.8) is 0 Å². The first-order valence-corrected chi connectivity index (χ1v) is 11.4. The summed E-state index contributed by atoms with van der Waals surface area (Å²) in [4.78, 5) is 13.9. The van der Waals surface area contributed by atoms with Gasteiger partial charge in [-0.3, -0.25) is 4.90 Å². The van der Waals surface area contributed by atoms with Crippen LogP contribution < -0.4 is 9.62 Å². The van der Waals surface area contributed by atoms with E-state index in [1.54, 1.807) is 14.1 Å². The quantitative estimate of drug-likeness (QED) is 0.711. The summed E-state index contributed by atoms with van der Waals surface area (Å²) in [6.07, 6.45) is 8.59. The molecular weight excluding hydrogens is 364 g/mol. The van der Waals surface area contributed by atoms with Gasteiger partial charge in [-0.1, -0.05) is 6.42 Å². The number of likely N-dealkylation sites (tertiary alicyclic amines) is 1. The topological polar surface area (TPSA) is 81.7 Å². The highest BCUT2D eigenvalue weighted by atomic mass is 32.2. The Morgan fingerprint density at radius 2 is 1.93 bits per heavy atom. The number of hydrogen-bond donors (Lipinski definition) is 1. The van der Waals surface area contributed by atoms with Gasteiger partial charge in [-0.05, 0) is 44.7 Å². The van der Waals surface area contributed by atoms with Crippen molar-refractivity contribution in [2.24, 2.45) is 0 Å². The molecule has 3 heterocycles. The van der Waals surface area contributed by atoms with Gasteiger partial charge in [0.25, 0.3) is 10.2 Å². The maximum atomic E-state index is 11.9. The summed E-state index contributed by atoms with van der Waals surface area (Å²) in [7, 11) is -0.264. The molecule has 152 valence electrons. The zero-order valence-corrected chi connectivity index (χ0v) is 17.3. The van der Waals surface area contributed by atoms with Crippen molar-refractivity contribution >= 4 is 16.2 Å². The minimum Gasteiger partial charge on any atom is -0.341 e. The van der Waals surface area contributed by atoms with Crippen molar-refractivity contribution in [2.75, 3.05) is 45.2 Å². The third-order valence-electron chi connectivity index (χ3n) is 5.45. The molecule has 9 heteroatoms. The van der Waals surface area contributed by atoms with Gasteiger partial charge in [0.15, 0.2) is 0 Å². The number of rotatable bonds is 8. The first-order valence-electron chi connectivity index (χ1n) is 9.94. The summed E-state index contributed by atoms with van der Waals surface area (Å²) in [6, 6.07) is 2.38. The van der Waals surface area contributed by atoms with E-state index in [1.807, 2.05) is 12.3 Å². The largest absolute Gasteiger partial charge is 0.341 e. The predicted molar refractivity (Wildman–Crippen MR) is 107 cm³/mol. The van der Waals surface area contributed by atoms with Crippen LogP contribution in [0.1, 0.15) is 44.2 Å². The summed E-state index contributed by atoms with van der Waals surface area (Å²) >= 11 is 0. The number of piperidine rings is 1. The third-order valence-corrected chi connectivity index (χ3v) is 6.98. The first kappa shape index (κ1) is 20.4. The van der Waals surface area contributed by atoms with Crippen LogP contribution in [0, 0.1) is 0 Å². The number of nitrogens with zero attached hydrogens (tertiary/aromatic N) is 5. The molecule has 2 aliphatic rings. The lowest BCUT2D eigenvalue weighted by Gasteiger charge is -2.35. The molecule has 0 spiro atoms. The Hall–Kier alpha value is -1.29. The van der Waals surface area contributed by atoms with E-state index in [0.717, 1.165) is 50.7 Å². The molecule has 27 heavy (non-hydrogen) atoms. The lowest BCUT2D eigenvalue weighted by Crippen LogP contribution is -2.43. The fourth-order valence-corrected chi connectivity index (χ4v) is 4.46. The van der Waals surface area contributed by atoms with Crippen molar-refractivity contribution < 1.29 is 8.42 Å². The molecule has 2 fully saturated rings. The second kappa shape index (κ2) is 9.27. The van der Waals surface area contributed by atoms with Crippen molar-refractivity contribution in [1.82, 2.24) is 23.9 Å². The molecule has 0 radical (unpaired) electrons. The van der Waals surface area contributed by atoms with Crippen LogP contribution in [0.5, 0.6) is 0 Å². The van der Waals surface area contributed by atoms with Crippen LogP contribution in [-0.2, 0) is 16.8 Å². The Labute approximate surface area is 163 Å². The van der Waals surface area contributed by atoms with Crippen LogP contribution in [0.2, 0.25) is 0 Å². The second-order valence-corrected chi connectivity index (χ2v) is 9.60. The summed E-state index contributed by atoms with van der Waals surface area (Å²) in [5, 5.41) is 0. The van der Waals surface area contributed by atoms with Crippen molar-refractivity contribution in [3.8, 4) is 0 Å². The molecule has 0 aliphatic carbocycles. The van der Waals surface area contributed by atoms with Crippen LogP contribution in [-0.4, -0.2) is 73.9 Å². The number of anilines is 1. The summed E-state index contributed by atoms with van der Waals surface area (Å²) < 4.78 is 27.7. The van der Waals surface area contributed by atoms with E-state index >= 15 is 0 Å². The highest BCUT2D eigenvalue weighted by molar-refractivity contribution is 7.87. The Balaban J connectivity index is 1.58. The zero-order chi connectivity index (χ0) is 19.3. The van der Waals surface area contributed by atoms with Gasteiger partial charge < -0.3 is 4.90 Å². The molecule has 3 rings (SSSR count). The van der Waals surface area contributed by atoms with E-state index in [0.29, 0.717) is 12.6 Å². The van der Waals surface area contributed by atoms with E-state index in [2.05, 4.69) is 19.5 Å². The Morgan fingerprint density at radius 1 is 1.19 bits per heavy atom. The van der Waals surface area contributed by atoms with Gasteiger partial charge in [0.2, 0.25) is 5.95 Å². The van der Waals surface area contributed by atoms with Gasteiger partial charge in [0.1, 0.15) is 0 Å². The van der Waals surface area contributed by atoms with Gasteiger partial charge in [-0.15, -0.1) is 0 Å². The lowest BCUT2D eigenvalue weighted by molar-refractivity contribution is 0.131. The van der Waals surface area contributed by atoms with Crippen LogP contribution >= 0.6 is 0 Å². The summed E-state index contributed by atoms with van der Waals surface area (Å²) in [5.41, 5.74) is 1.05. The first-order chi connectivity index (χ1) is 13.0. The molecule has 2 saturated heterocycles. The smallest absolute Gasteiger partial charge is 0.278 e. The molecule has 0 aromatic carbocycles. The van der Waals surface area contributed by atoms with E-state index < -0.39 is 10.2 Å². The minimum atomic E-state index is -3.35. The zero-order valence-electron chi connectivity index (χ0n) is 16.5. The minimum absolute atomic E-state index is 0.383. The Kier molecular flexibility index (Phi) is 7.02. The standard InChI is InChI=1S/C18H32N6O2S/c1-22(2)27(25,26)20-11-9-17-7-3-4-14-24(17)15-16-8-10-19-18(21-16)23-12-5-6-13-23/h8,10,17,20H,3-7,9,11-15H2,1-2H3/t17-/m1/s1. The number of hydrogen-bond acceptors (Lipinski definition) is 6. The van der Waals surface area contributed by atoms with E-state index in [1.165, 1.54) is 30.0 Å². The van der Waals surface area contributed by atoms with Crippen molar-refractivity contribution in [1.29, 1.82) is 0 Å². The van der Waals surface area contributed by atoms with E-state index in [9.17, 15) is 8.42 Å². The molecular formula is C18H32N6O2S. The SMILES string of the molecule is CN(C)S(=O)(=O)NCC[C@H]1CCCCN1Cc1ccnc(N2CCCC2)n1. The fourth-order valence-electron chi connectivity index (χ4n) is 3.83. The average Bonchev–Trinajstić information content (AvgIpc) is 3.18.